The van der Waals surface area contributed by atoms with E-state index in [9.17, 15) is 19.5 Å². The van der Waals surface area contributed by atoms with E-state index in [1.165, 1.54) is 0 Å². The van der Waals surface area contributed by atoms with E-state index in [-0.39, 0.29) is 38.6 Å². The van der Waals surface area contributed by atoms with Gasteiger partial charge in [0.05, 0.1) is 17.8 Å². The molecule has 12 heteroatoms. The Labute approximate surface area is 280 Å². The smallest absolute Gasteiger partial charge is 0.422 e. The van der Waals surface area contributed by atoms with E-state index in [2.05, 4.69) is 26.0 Å². The van der Waals surface area contributed by atoms with Crippen LogP contribution in [0.5, 0.6) is 0 Å². The first-order chi connectivity index (χ1) is 23.3. The second kappa shape index (κ2) is 18.7. The first-order valence-corrected chi connectivity index (χ1v) is 15.7. The van der Waals surface area contributed by atoms with Crippen molar-refractivity contribution >= 4 is 18.1 Å². The molecule has 3 atom stereocenters. The molecule has 4 N–H and O–H groups in total. The Kier molecular flexibility index (Phi) is 13.9. The van der Waals surface area contributed by atoms with Crippen molar-refractivity contribution < 1.29 is 29.0 Å². The van der Waals surface area contributed by atoms with E-state index in [1.807, 2.05) is 60.7 Å². The van der Waals surface area contributed by atoms with Crippen LogP contribution in [0.2, 0.25) is 0 Å². The van der Waals surface area contributed by atoms with Crippen LogP contribution < -0.4 is 16.1 Å². The number of alkyl carbamates (subject to hydrolysis) is 1. The number of amides is 3. The second-order valence-corrected chi connectivity index (χ2v) is 11.6. The molecular formula is C36H42N6O6. The number of hydrazine groups is 1. The van der Waals surface area contributed by atoms with E-state index in [0.29, 0.717) is 5.69 Å². The van der Waals surface area contributed by atoms with Crippen molar-refractivity contribution in [1.82, 2.24) is 31.0 Å². The summed E-state index contributed by atoms with van der Waals surface area (Å²) in [7, 11) is 0. The standard InChI is InChI=1S/C36H42N6O6/c1-26(2)33(40-35(45)48-25-30-17-9-10-19-38-30)34(44)39-31(20-27-12-5-3-6-13-27)32(43)23-42(22-28-14-7-4-8-15-28)41-36(46)47-24-29-16-11-18-37-21-29/h3-19,21,26,31-33,43H,20,22-25H2,1-2H3,(H,39,44)(H,40,45)(H,41,46)/t31-,32+,33-/m0/s1. The molecule has 0 unspecified atom stereocenters. The number of carbonyl (C=O) groups excluding carboxylic acids is 3. The summed E-state index contributed by atoms with van der Waals surface area (Å²) in [6, 6.07) is 25.9. The van der Waals surface area contributed by atoms with Crippen LogP contribution in [0, 0.1) is 5.92 Å². The zero-order valence-electron chi connectivity index (χ0n) is 27.1. The molecular weight excluding hydrogens is 612 g/mol. The van der Waals surface area contributed by atoms with Gasteiger partial charge in [-0.25, -0.2) is 14.6 Å². The summed E-state index contributed by atoms with van der Waals surface area (Å²) in [5, 5.41) is 18.8. The first-order valence-electron chi connectivity index (χ1n) is 15.7. The van der Waals surface area contributed by atoms with Crippen molar-refractivity contribution in [2.24, 2.45) is 5.92 Å². The van der Waals surface area contributed by atoms with Crippen LogP contribution in [0.3, 0.4) is 0 Å². The van der Waals surface area contributed by atoms with Crippen molar-refractivity contribution in [3.8, 4) is 0 Å². The highest BCUT2D eigenvalue weighted by atomic mass is 16.6. The molecule has 12 nitrogen and oxygen atoms in total. The zero-order valence-corrected chi connectivity index (χ0v) is 27.1. The van der Waals surface area contributed by atoms with E-state index >= 15 is 0 Å². The van der Waals surface area contributed by atoms with Gasteiger partial charge in [0.2, 0.25) is 5.91 Å². The van der Waals surface area contributed by atoms with Crippen LogP contribution in [-0.2, 0) is 40.4 Å². The molecule has 0 aliphatic heterocycles. The van der Waals surface area contributed by atoms with Gasteiger partial charge in [0, 0.05) is 37.2 Å². The number of hydrogen-bond donors (Lipinski definition) is 4. The van der Waals surface area contributed by atoms with Gasteiger partial charge < -0.3 is 25.2 Å². The number of pyridine rings is 2. The molecule has 2 aromatic carbocycles. The molecule has 0 saturated carbocycles. The molecule has 48 heavy (non-hydrogen) atoms. The third-order valence-corrected chi connectivity index (χ3v) is 7.36. The Balaban J connectivity index is 1.46. The summed E-state index contributed by atoms with van der Waals surface area (Å²) in [6.07, 6.45) is 2.49. The number of aliphatic hydroxyl groups is 1. The Morgan fingerprint density at radius 1 is 0.771 bits per heavy atom. The average molecular weight is 655 g/mol. The minimum Gasteiger partial charge on any atom is -0.444 e. The largest absolute Gasteiger partial charge is 0.444 e. The molecule has 0 aliphatic rings. The molecule has 2 heterocycles. The molecule has 0 aliphatic carbocycles. The lowest BCUT2D eigenvalue weighted by atomic mass is 9.98. The van der Waals surface area contributed by atoms with Gasteiger partial charge in [-0.3, -0.25) is 20.2 Å². The fourth-order valence-corrected chi connectivity index (χ4v) is 4.85. The second-order valence-electron chi connectivity index (χ2n) is 11.6. The molecule has 0 radical (unpaired) electrons. The number of ether oxygens (including phenoxy) is 2. The number of nitrogens with zero attached hydrogens (tertiary/aromatic N) is 3. The highest BCUT2D eigenvalue weighted by molar-refractivity contribution is 5.86. The summed E-state index contributed by atoms with van der Waals surface area (Å²) in [5.74, 6) is -0.786. The molecule has 4 rings (SSSR count). The van der Waals surface area contributed by atoms with Crippen LogP contribution in [0.4, 0.5) is 9.59 Å². The van der Waals surface area contributed by atoms with E-state index in [4.69, 9.17) is 9.47 Å². The van der Waals surface area contributed by atoms with Crippen LogP contribution in [0.25, 0.3) is 0 Å². The number of aromatic nitrogens is 2. The number of nitrogens with one attached hydrogen (secondary N) is 3. The third kappa shape index (κ3) is 12.1. The first kappa shape index (κ1) is 35.5. The summed E-state index contributed by atoms with van der Waals surface area (Å²) >= 11 is 0. The van der Waals surface area contributed by atoms with Crippen molar-refractivity contribution in [2.45, 2.75) is 58.2 Å². The van der Waals surface area contributed by atoms with Crippen LogP contribution in [0.1, 0.15) is 36.2 Å². The highest BCUT2D eigenvalue weighted by Crippen LogP contribution is 2.12. The number of hydrogen-bond acceptors (Lipinski definition) is 9. The van der Waals surface area contributed by atoms with E-state index < -0.39 is 36.3 Å². The molecule has 4 aromatic rings. The van der Waals surface area contributed by atoms with Gasteiger partial charge >= 0.3 is 12.2 Å². The van der Waals surface area contributed by atoms with Crippen molar-refractivity contribution in [1.29, 1.82) is 0 Å². The zero-order chi connectivity index (χ0) is 34.1. The third-order valence-electron chi connectivity index (χ3n) is 7.36. The van der Waals surface area contributed by atoms with E-state index in [1.54, 1.807) is 67.8 Å². The van der Waals surface area contributed by atoms with Gasteiger partial charge in [-0.15, -0.1) is 0 Å². The van der Waals surface area contributed by atoms with Crippen LogP contribution in [0.15, 0.2) is 110 Å². The quantitative estimate of drug-likeness (QED) is 0.130. The highest BCUT2D eigenvalue weighted by Gasteiger charge is 2.31. The van der Waals surface area contributed by atoms with Gasteiger partial charge in [0.1, 0.15) is 19.3 Å². The minimum atomic E-state index is -1.15. The summed E-state index contributed by atoms with van der Waals surface area (Å²) < 4.78 is 10.7. The van der Waals surface area contributed by atoms with Crippen LogP contribution >= 0.6 is 0 Å². The van der Waals surface area contributed by atoms with Gasteiger partial charge in [0.15, 0.2) is 0 Å². The molecule has 3 amide bonds. The Bertz CT molecular complexity index is 1550. The maximum atomic E-state index is 13.7. The maximum absolute atomic E-state index is 13.7. The SMILES string of the molecule is CC(C)[C@H](NC(=O)OCc1ccccn1)C(=O)N[C@@H](Cc1ccccc1)[C@H](O)CN(Cc1ccccc1)NC(=O)OCc1cccnc1. The molecule has 252 valence electrons. The Morgan fingerprint density at radius 2 is 1.44 bits per heavy atom. The predicted octanol–water partition coefficient (Wildman–Crippen LogP) is 4.16. The molecule has 0 bridgehead atoms. The normalized spacial score (nSPS) is 12.9. The number of rotatable bonds is 16. The molecule has 0 spiro atoms. The lowest BCUT2D eigenvalue weighted by Crippen LogP contribution is -2.57. The lowest BCUT2D eigenvalue weighted by Gasteiger charge is -2.31. The fraction of sp³-hybridized carbons (Fsp3) is 0.306. The monoisotopic (exact) mass is 654 g/mol. The van der Waals surface area contributed by atoms with Gasteiger partial charge in [-0.1, -0.05) is 86.6 Å². The van der Waals surface area contributed by atoms with Gasteiger partial charge in [0.25, 0.3) is 0 Å². The number of benzene rings is 2. The molecule has 2 aromatic heterocycles. The van der Waals surface area contributed by atoms with Gasteiger partial charge in [-0.2, -0.15) is 0 Å². The number of aliphatic hydroxyl groups excluding tert-OH is 1. The summed E-state index contributed by atoms with van der Waals surface area (Å²) in [6.45, 7) is 3.76. The fourth-order valence-electron chi connectivity index (χ4n) is 4.85. The Hall–Kier alpha value is -5.33. The topological polar surface area (TPSA) is 155 Å². The summed E-state index contributed by atoms with van der Waals surface area (Å²) in [5.41, 5.74) is 5.79. The Morgan fingerprint density at radius 3 is 2.08 bits per heavy atom. The minimum absolute atomic E-state index is 0.0159. The average Bonchev–Trinajstić information content (AvgIpc) is 3.10. The maximum Gasteiger partial charge on any atom is 0.422 e. The van der Waals surface area contributed by atoms with Crippen molar-refractivity contribution in [2.75, 3.05) is 6.54 Å². The molecule has 0 fully saturated rings. The lowest BCUT2D eigenvalue weighted by molar-refractivity contribution is -0.125. The summed E-state index contributed by atoms with van der Waals surface area (Å²) in [4.78, 5) is 47.3. The number of carbonyl (C=O) groups is 3. The van der Waals surface area contributed by atoms with Gasteiger partial charge in [-0.05, 0) is 41.7 Å². The van der Waals surface area contributed by atoms with E-state index in [0.717, 1.165) is 16.7 Å². The van der Waals surface area contributed by atoms with Crippen LogP contribution in [-0.4, -0.2) is 62.9 Å². The van der Waals surface area contributed by atoms with Crippen molar-refractivity contribution in [3.05, 3.63) is 132 Å². The van der Waals surface area contributed by atoms with Crippen molar-refractivity contribution in [3.63, 3.8) is 0 Å². The predicted molar refractivity (Wildman–Crippen MR) is 179 cm³/mol. The molecule has 0 saturated heterocycles.